The van der Waals surface area contributed by atoms with Crippen molar-refractivity contribution in [1.82, 2.24) is 4.90 Å². The fourth-order valence-corrected chi connectivity index (χ4v) is 1.71. The van der Waals surface area contributed by atoms with E-state index in [0.717, 1.165) is 25.9 Å². The van der Waals surface area contributed by atoms with Crippen LogP contribution in [0.15, 0.2) is 0 Å². The predicted octanol–water partition coefficient (Wildman–Crippen LogP) is 1.16. The molecule has 1 N–H and O–H groups in total. The molecule has 0 aliphatic carbocycles. The van der Waals surface area contributed by atoms with E-state index in [2.05, 4.69) is 0 Å². The summed E-state index contributed by atoms with van der Waals surface area (Å²) < 4.78 is 0. The first-order valence-corrected chi connectivity index (χ1v) is 5.23. The van der Waals surface area contributed by atoms with Gasteiger partial charge in [-0.1, -0.05) is 12.8 Å². The van der Waals surface area contributed by atoms with Crippen LogP contribution in [0.1, 0.15) is 38.5 Å². The lowest BCUT2D eigenvalue weighted by Crippen LogP contribution is -2.31. The van der Waals surface area contributed by atoms with Crippen molar-refractivity contribution < 1.29 is 9.90 Å². The number of aliphatic hydroxyl groups is 1. The van der Waals surface area contributed by atoms with E-state index in [1.807, 2.05) is 4.90 Å². The molecule has 0 radical (unpaired) electrons. The number of likely N-dealkylation sites (tertiary alicyclic amines) is 1. The second-order valence-electron chi connectivity index (χ2n) is 3.62. The van der Waals surface area contributed by atoms with Crippen LogP contribution in [0.2, 0.25) is 0 Å². The molecular weight excluding hydrogens is 166 g/mol. The Morgan fingerprint density at radius 1 is 1.15 bits per heavy atom. The summed E-state index contributed by atoms with van der Waals surface area (Å²) in [5.41, 5.74) is 0. The first-order valence-electron chi connectivity index (χ1n) is 5.23. The zero-order valence-electron chi connectivity index (χ0n) is 8.17. The molecule has 0 bridgehead atoms. The number of hydrogen-bond acceptors (Lipinski definition) is 2. The topological polar surface area (TPSA) is 40.5 Å². The maximum absolute atomic E-state index is 11.5. The SMILES string of the molecule is O=C(CCCO)N1CCCCCC1. The van der Waals surface area contributed by atoms with Gasteiger partial charge in [-0.15, -0.1) is 0 Å². The van der Waals surface area contributed by atoms with Gasteiger partial charge in [0.25, 0.3) is 0 Å². The quantitative estimate of drug-likeness (QED) is 0.716. The second-order valence-corrected chi connectivity index (χ2v) is 3.62. The molecule has 0 atom stereocenters. The summed E-state index contributed by atoms with van der Waals surface area (Å²) in [6.45, 7) is 1.97. The second kappa shape index (κ2) is 5.97. The van der Waals surface area contributed by atoms with E-state index in [1.165, 1.54) is 12.8 Å². The van der Waals surface area contributed by atoms with Gasteiger partial charge < -0.3 is 10.0 Å². The lowest BCUT2D eigenvalue weighted by atomic mass is 10.2. The van der Waals surface area contributed by atoms with Crippen LogP contribution in [0.25, 0.3) is 0 Å². The van der Waals surface area contributed by atoms with Crippen molar-refractivity contribution >= 4 is 5.91 Å². The molecule has 0 saturated carbocycles. The minimum Gasteiger partial charge on any atom is -0.396 e. The first kappa shape index (κ1) is 10.5. The Morgan fingerprint density at radius 3 is 2.31 bits per heavy atom. The van der Waals surface area contributed by atoms with Crippen LogP contribution < -0.4 is 0 Å². The molecule has 0 aromatic heterocycles. The molecule has 3 heteroatoms. The molecular formula is C10H19NO2. The molecule has 1 amide bonds. The highest BCUT2D eigenvalue weighted by atomic mass is 16.3. The van der Waals surface area contributed by atoms with Crippen molar-refractivity contribution in [1.29, 1.82) is 0 Å². The van der Waals surface area contributed by atoms with E-state index < -0.39 is 0 Å². The third-order valence-corrected chi connectivity index (χ3v) is 2.51. The van der Waals surface area contributed by atoms with Crippen LogP contribution in [0.5, 0.6) is 0 Å². The molecule has 1 aliphatic heterocycles. The molecule has 1 heterocycles. The summed E-state index contributed by atoms with van der Waals surface area (Å²) in [4.78, 5) is 13.5. The molecule has 0 unspecified atom stereocenters. The van der Waals surface area contributed by atoms with Crippen LogP contribution in [0.3, 0.4) is 0 Å². The highest BCUT2D eigenvalue weighted by Crippen LogP contribution is 2.10. The lowest BCUT2D eigenvalue weighted by molar-refractivity contribution is -0.131. The highest BCUT2D eigenvalue weighted by Gasteiger charge is 2.14. The largest absolute Gasteiger partial charge is 0.396 e. The van der Waals surface area contributed by atoms with Gasteiger partial charge in [-0.25, -0.2) is 0 Å². The molecule has 0 aromatic rings. The van der Waals surface area contributed by atoms with Gasteiger partial charge in [0.2, 0.25) is 5.91 Å². The van der Waals surface area contributed by atoms with E-state index in [0.29, 0.717) is 12.8 Å². The average molecular weight is 185 g/mol. The maximum Gasteiger partial charge on any atom is 0.222 e. The Hall–Kier alpha value is -0.570. The minimum atomic E-state index is 0.125. The van der Waals surface area contributed by atoms with Crippen molar-refractivity contribution in [2.45, 2.75) is 38.5 Å². The molecule has 13 heavy (non-hydrogen) atoms. The van der Waals surface area contributed by atoms with Crippen LogP contribution >= 0.6 is 0 Å². The molecule has 1 aliphatic rings. The van der Waals surface area contributed by atoms with Gasteiger partial charge in [0.05, 0.1) is 0 Å². The van der Waals surface area contributed by atoms with E-state index in [-0.39, 0.29) is 12.5 Å². The number of hydrogen-bond donors (Lipinski definition) is 1. The fourth-order valence-electron chi connectivity index (χ4n) is 1.71. The van der Waals surface area contributed by atoms with Crippen molar-refractivity contribution in [2.75, 3.05) is 19.7 Å². The standard InChI is InChI=1S/C10H19NO2/c12-9-5-6-10(13)11-7-3-1-2-4-8-11/h12H,1-9H2. The number of nitrogens with zero attached hydrogens (tertiary/aromatic N) is 1. The summed E-state index contributed by atoms with van der Waals surface area (Å²) in [6, 6.07) is 0. The van der Waals surface area contributed by atoms with Crippen molar-refractivity contribution in [2.24, 2.45) is 0 Å². The third kappa shape index (κ3) is 3.77. The molecule has 0 spiro atoms. The Balaban J connectivity index is 2.26. The zero-order chi connectivity index (χ0) is 9.52. The number of rotatable bonds is 3. The molecule has 1 rings (SSSR count). The fraction of sp³-hybridized carbons (Fsp3) is 0.900. The van der Waals surface area contributed by atoms with Crippen molar-refractivity contribution in [3.8, 4) is 0 Å². The molecule has 1 saturated heterocycles. The number of carbonyl (C=O) groups is 1. The number of amides is 1. The molecule has 1 fully saturated rings. The number of aliphatic hydroxyl groups excluding tert-OH is 1. The first-order chi connectivity index (χ1) is 6.34. The Morgan fingerprint density at radius 2 is 1.77 bits per heavy atom. The summed E-state index contributed by atoms with van der Waals surface area (Å²) in [7, 11) is 0. The minimum absolute atomic E-state index is 0.125. The van der Waals surface area contributed by atoms with E-state index in [9.17, 15) is 4.79 Å². The predicted molar refractivity (Wildman–Crippen MR) is 51.4 cm³/mol. The molecule has 3 nitrogen and oxygen atoms in total. The van der Waals surface area contributed by atoms with Gasteiger partial charge in [0, 0.05) is 26.1 Å². The van der Waals surface area contributed by atoms with Crippen LogP contribution in [-0.4, -0.2) is 35.6 Å². The third-order valence-electron chi connectivity index (χ3n) is 2.51. The average Bonchev–Trinajstić information content (AvgIpc) is 2.42. The van der Waals surface area contributed by atoms with Crippen LogP contribution in [-0.2, 0) is 4.79 Å². The van der Waals surface area contributed by atoms with Gasteiger partial charge in [-0.3, -0.25) is 4.79 Å². The smallest absolute Gasteiger partial charge is 0.222 e. The van der Waals surface area contributed by atoms with Gasteiger partial charge >= 0.3 is 0 Å². The van der Waals surface area contributed by atoms with Gasteiger partial charge in [-0.05, 0) is 19.3 Å². The highest BCUT2D eigenvalue weighted by molar-refractivity contribution is 5.76. The lowest BCUT2D eigenvalue weighted by Gasteiger charge is -2.19. The Labute approximate surface area is 79.7 Å². The van der Waals surface area contributed by atoms with Crippen LogP contribution in [0.4, 0.5) is 0 Å². The molecule has 0 aromatic carbocycles. The summed E-state index contributed by atoms with van der Waals surface area (Å²) >= 11 is 0. The van der Waals surface area contributed by atoms with Gasteiger partial charge in [0.1, 0.15) is 0 Å². The van der Waals surface area contributed by atoms with Gasteiger partial charge in [0.15, 0.2) is 0 Å². The maximum atomic E-state index is 11.5. The summed E-state index contributed by atoms with van der Waals surface area (Å²) in [5, 5.41) is 8.60. The van der Waals surface area contributed by atoms with E-state index in [1.54, 1.807) is 0 Å². The van der Waals surface area contributed by atoms with Gasteiger partial charge in [-0.2, -0.15) is 0 Å². The Bertz CT molecular complexity index is 151. The molecule has 76 valence electrons. The van der Waals surface area contributed by atoms with Crippen molar-refractivity contribution in [3.63, 3.8) is 0 Å². The number of carbonyl (C=O) groups excluding carboxylic acids is 1. The Kier molecular flexibility index (Phi) is 4.83. The zero-order valence-corrected chi connectivity index (χ0v) is 8.17. The normalized spacial score (nSPS) is 18.4. The van der Waals surface area contributed by atoms with Crippen LogP contribution in [0, 0.1) is 0 Å². The van der Waals surface area contributed by atoms with E-state index >= 15 is 0 Å². The van der Waals surface area contributed by atoms with E-state index in [4.69, 9.17) is 5.11 Å². The van der Waals surface area contributed by atoms with Crippen molar-refractivity contribution in [3.05, 3.63) is 0 Å². The monoisotopic (exact) mass is 185 g/mol. The summed E-state index contributed by atoms with van der Waals surface area (Å²) in [5.74, 6) is 0.218. The summed E-state index contributed by atoms with van der Waals surface area (Å²) in [6.07, 6.45) is 5.91.